The summed E-state index contributed by atoms with van der Waals surface area (Å²) in [5.74, 6) is -0.669. The van der Waals surface area contributed by atoms with E-state index in [1.165, 1.54) is 32.1 Å². The molecule has 0 aromatic carbocycles. The van der Waals surface area contributed by atoms with Crippen LogP contribution in [0.15, 0.2) is 0 Å². The van der Waals surface area contributed by atoms with E-state index in [2.05, 4.69) is 18.7 Å². The lowest BCUT2D eigenvalue weighted by Crippen LogP contribution is -2.40. The van der Waals surface area contributed by atoms with Crippen LogP contribution < -0.4 is 0 Å². The van der Waals surface area contributed by atoms with Crippen LogP contribution in [0.5, 0.6) is 0 Å². The zero-order valence-electron chi connectivity index (χ0n) is 11.1. The molecule has 2 saturated heterocycles. The Bertz CT molecular complexity index is 279. The Kier molecular flexibility index (Phi) is 4.08. The van der Waals surface area contributed by atoms with E-state index in [0.717, 1.165) is 12.8 Å². The van der Waals surface area contributed by atoms with Crippen LogP contribution >= 0.6 is 0 Å². The molecule has 2 aliphatic rings. The summed E-state index contributed by atoms with van der Waals surface area (Å²) in [6.45, 7) is 4.47. The van der Waals surface area contributed by atoms with Gasteiger partial charge in [0.15, 0.2) is 0 Å². The minimum atomic E-state index is -0.576. The van der Waals surface area contributed by atoms with Crippen molar-refractivity contribution in [1.29, 1.82) is 0 Å². The molecule has 0 radical (unpaired) electrons. The molecule has 4 unspecified atom stereocenters. The maximum absolute atomic E-state index is 11.2. The molecule has 2 heterocycles. The predicted molar refractivity (Wildman–Crippen MR) is 68.0 cm³/mol. The Balaban J connectivity index is 2.03. The summed E-state index contributed by atoms with van der Waals surface area (Å²) >= 11 is 0. The number of aliphatic carboxylic acids is 1. The fourth-order valence-electron chi connectivity index (χ4n) is 3.87. The Morgan fingerprint density at radius 3 is 2.71 bits per heavy atom. The molecule has 98 valence electrons. The van der Waals surface area contributed by atoms with Crippen molar-refractivity contribution < 1.29 is 9.90 Å². The van der Waals surface area contributed by atoms with E-state index >= 15 is 0 Å². The first-order valence-corrected chi connectivity index (χ1v) is 7.19. The summed E-state index contributed by atoms with van der Waals surface area (Å²) in [5, 5.41) is 9.26. The van der Waals surface area contributed by atoms with Crippen molar-refractivity contribution in [2.24, 2.45) is 5.92 Å². The van der Waals surface area contributed by atoms with E-state index in [4.69, 9.17) is 0 Å². The SMILES string of the molecule is CCCCC(CC)N1C2CCC1C(C(=O)O)C2. The van der Waals surface area contributed by atoms with Crippen molar-refractivity contribution in [2.45, 2.75) is 76.9 Å². The van der Waals surface area contributed by atoms with Gasteiger partial charge in [0.25, 0.3) is 0 Å². The Morgan fingerprint density at radius 2 is 2.18 bits per heavy atom. The van der Waals surface area contributed by atoms with Gasteiger partial charge >= 0.3 is 5.97 Å². The van der Waals surface area contributed by atoms with Crippen LogP contribution in [-0.2, 0) is 4.79 Å². The van der Waals surface area contributed by atoms with Gasteiger partial charge in [-0.05, 0) is 32.1 Å². The van der Waals surface area contributed by atoms with Gasteiger partial charge in [0.1, 0.15) is 0 Å². The minimum Gasteiger partial charge on any atom is -0.481 e. The van der Waals surface area contributed by atoms with Gasteiger partial charge in [0, 0.05) is 18.1 Å². The average molecular weight is 239 g/mol. The molecule has 0 saturated carbocycles. The maximum Gasteiger partial charge on any atom is 0.308 e. The van der Waals surface area contributed by atoms with Crippen molar-refractivity contribution in [3.8, 4) is 0 Å². The number of carboxylic acids is 1. The number of hydrogen-bond acceptors (Lipinski definition) is 2. The molecule has 2 fully saturated rings. The first kappa shape index (κ1) is 12.9. The molecule has 2 bridgehead atoms. The van der Waals surface area contributed by atoms with E-state index < -0.39 is 5.97 Å². The standard InChI is InChI=1S/C14H25NO2/c1-3-5-6-10(4-2)15-11-7-8-13(15)12(9-11)14(16)17/h10-13H,3-9H2,1-2H3,(H,16,17). The summed E-state index contributed by atoms with van der Waals surface area (Å²) in [6, 6.07) is 1.51. The lowest BCUT2D eigenvalue weighted by atomic mass is 9.89. The van der Waals surface area contributed by atoms with Gasteiger partial charge in [-0.25, -0.2) is 0 Å². The van der Waals surface area contributed by atoms with Gasteiger partial charge in [-0.3, -0.25) is 9.69 Å². The second-order valence-electron chi connectivity index (χ2n) is 5.63. The second kappa shape index (κ2) is 5.38. The van der Waals surface area contributed by atoms with Crippen LogP contribution in [0.1, 0.15) is 58.8 Å². The summed E-state index contributed by atoms with van der Waals surface area (Å²) in [5.41, 5.74) is 0. The van der Waals surface area contributed by atoms with Gasteiger partial charge in [-0.2, -0.15) is 0 Å². The van der Waals surface area contributed by atoms with Crippen LogP contribution in [0.25, 0.3) is 0 Å². The minimum absolute atomic E-state index is 0.0931. The van der Waals surface area contributed by atoms with E-state index in [0.29, 0.717) is 18.1 Å². The first-order chi connectivity index (χ1) is 8.19. The van der Waals surface area contributed by atoms with Crippen molar-refractivity contribution >= 4 is 5.97 Å². The number of hydrogen-bond donors (Lipinski definition) is 1. The predicted octanol–water partition coefficient (Wildman–Crippen LogP) is 2.89. The summed E-state index contributed by atoms with van der Waals surface area (Å²) in [4.78, 5) is 13.8. The number of unbranched alkanes of at least 4 members (excludes halogenated alkanes) is 1. The van der Waals surface area contributed by atoms with Gasteiger partial charge in [0.05, 0.1) is 5.92 Å². The monoisotopic (exact) mass is 239 g/mol. The molecule has 4 atom stereocenters. The van der Waals surface area contributed by atoms with E-state index in [1.54, 1.807) is 0 Å². The molecular formula is C14H25NO2. The zero-order chi connectivity index (χ0) is 12.4. The quantitative estimate of drug-likeness (QED) is 0.774. The Hall–Kier alpha value is -0.570. The van der Waals surface area contributed by atoms with Gasteiger partial charge in [0.2, 0.25) is 0 Å². The molecular weight excluding hydrogens is 214 g/mol. The van der Waals surface area contributed by atoms with E-state index in [9.17, 15) is 9.90 Å². The van der Waals surface area contributed by atoms with Gasteiger partial charge in [-0.15, -0.1) is 0 Å². The number of fused-ring (bicyclic) bond motifs is 2. The molecule has 17 heavy (non-hydrogen) atoms. The average Bonchev–Trinajstić information content (AvgIpc) is 2.88. The molecule has 2 aliphatic heterocycles. The maximum atomic E-state index is 11.2. The molecule has 3 heteroatoms. The van der Waals surface area contributed by atoms with E-state index in [-0.39, 0.29) is 5.92 Å². The fourth-order valence-corrected chi connectivity index (χ4v) is 3.87. The second-order valence-corrected chi connectivity index (χ2v) is 5.63. The third-order valence-electron chi connectivity index (χ3n) is 4.69. The highest BCUT2D eigenvalue weighted by molar-refractivity contribution is 5.71. The number of nitrogens with zero attached hydrogens (tertiary/aromatic N) is 1. The topological polar surface area (TPSA) is 40.5 Å². The molecule has 2 rings (SSSR count). The molecule has 3 nitrogen and oxygen atoms in total. The number of carbonyl (C=O) groups is 1. The summed E-state index contributed by atoms with van der Waals surface area (Å²) in [6.07, 6.45) is 8.13. The molecule has 0 amide bonds. The van der Waals surface area contributed by atoms with Crippen LogP contribution in [0.2, 0.25) is 0 Å². The van der Waals surface area contributed by atoms with Crippen LogP contribution in [0.3, 0.4) is 0 Å². The summed E-state index contributed by atoms with van der Waals surface area (Å²) in [7, 11) is 0. The normalized spacial score (nSPS) is 34.1. The lowest BCUT2D eigenvalue weighted by molar-refractivity contribution is -0.142. The van der Waals surface area contributed by atoms with Gasteiger partial charge < -0.3 is 5.11 Å². The van der Waals surface area contributed by atoms with Crippen molar-refractivity contribution in [2.75, 3.05) is 0 Å². The van der Waals surface area contributed by atoms with Crippen molar-refractivity contribution in [3.63, 3.8) is 0 Å². The molecule has 0 aliphatic carbocycles. The highest BCUT2D eigenvalue weighted by atomic mass is 16.4. The molecule has 0 aromatic rings. The van der Waals surface area contributed by atoms with Crippen molar-refractivity contribution in [1.82, 2.24) is 4.90 Å². The third kappa shape index (κ3) is 2.35. The van der Waals surface area contributed by atoms with Crippen molar-refractivity contribution in [3.05, 3.63) is 0 Å². The Morgan fingerprint density at radius 1 is 1.41 bits per heavy atom. The zero-order valence-corrected chi connectivity index (χ0v) is 11.1. The summed E-state index contributed by atoms with van der Waals surface area (Å²) < 4.78 is 0. The molecule has 1 N–H and O–H groups in total. The molecule has 0 aromatic heterocycles. The number of rotatable bonds is 6. The lowest BCUT2D eigenvalue weighted by Gasteiger charge is -2.31. The highest BCUT2D eigenvalue weighted by Gasteiger charge is 2.50. The van der Waals surface area contributed by atoms with Crippen LogP contribution in [0.4, 0.5) is 0 Å². The third-order valence-corrected chi connectivity index (χ3v) is 4.69. The first-order valence-electron chi connectivity index (χ1n) is 7.19. The van der Waals surface area contributed by atoms with Crippen LogP contribution in [0, 0.1) is 5.92 Å². The smallest absolute Gasteiger partial charge is 0.308 e. The van der Waals surface area contributed by atoms with Gasteiger partial charge in [-0.1, -0.05) is 26.7 Å². The highest BCUT2D eigenvalue weighted by Crippen LogP contribution is 2.44. The Labute approximate surface area is 104 Å². The molecule has 0 spiro atoms. The largest absolute Gasteiger partial charge is 0.481 e. The fraction of sp³-hybridized carbons (Fsp3) is 0.929. The number of carboxylic acid groups (broad SMARTS) is 1. The van der Waals surface area contributed by atoms with E-state index in [1.807, 2.05) is 0 Å². The van der Waals surface area contributed by atoms with Crippen LogP contribution in [-0.4, -0.2) is 34.1 Å².